The topological polar surface area (TPSA) is 32.3 Å². The number of nitrogens with one attached hydrogen (secondary N) is 1. The van der Waals surface area contributed by atoms with Gasteiger partial charge in [0, 0.05) is 12.6 Å². The summed E-state index contributed by atoms with van der Waals surface area (Å²) in [5.41, 5.74) is 0. The number of carbonyl (C=O) groups excluding carboxylic acids is 1. The van der Waals surface area contributed by atoms with Crippen LogP contribution in [0.1, 0.15) is 39.5 Å². The van der Waals surface area contributed by atoms with Crippen molar-refractivity contribution in [1.29, 1.82) is 0 Å². The van der Waals surface area contributed by atoms with E-state index in [2.05, 4.69) is 24.1 Å². The van der Waals surface area contributed by atoms with E-state index >= 15 is 0 Å². The van der Waals surface area contributed by atoms with E-state index in [1.807, 2.05) is 11.8 Å². The minimum Gasteiger partial charge on any atom is -0.339 e. The highest BCUT2D eigenvalue weighted by molar-refractivity contribution is 8.00. The molecule has 0 aromatic heterocycles. The van der Waals surface area contributed by atoms with E-state index in [0.717, 1.165) is 31.8 Å². The van der Waals surface area contributed by atoms with Crippen LogP contribution in [0.4, 0.5) is 0 Å². The summed E-state index contributed by atoms with van der Waals surface area (Å²) in [6, 6.07) is 0.341. The zero-order valence-corrected chi connectivity index (χ0v) is 12.5. The Balaban J connectivity index is 1.91. The number of nitrogens with zero attached hydrogens (tertiary/aromatic N) is 1. The standard InChI is InChI=1S/C14H26N2OS/c1-11(2)16(10-12-5-7-15-8-6-12)14(17)13-4-3-9-18-13/h11-13,15H,3-10H2,1-2H3. The van der Waals surface area contributed by atoms with Gasteiger partial charge in [-0.25, -0.2) is 0 Å². The molecule has 0 aliphatic carbocycles. The van der Waals surface area contributed by atoms with Crippen molar-refractivity contribution < 1.29 is 4.79 Å². The molecule has 4 heteroatoms. The molecular formula is C14H26N2OS. The highest BCUT2D eigenvalue weighted by Gasteiger charge is 2.30. The molecule has 1 amide bonds. The molecule has 2 heterocycles. The van der Waals surface area contributed by atoms with E-state index in [0.29, 0.717) is 17.9 Å². The van der Waals surface area contributed by atoms with Crippen molar-refractivity contribution in [3.05, 3.63) is 0 Å². The van der Waals surface area contributed by atoms with Crippen molar-refractivity contribution in [3.8, 4) is 0 Å². The minimum atomic E-state index is 0.245. The maximum absolute atomic E-state index is 12.6. The fourth-order valence-electron chi connectivity index (χ4n) is 2.86. The van der Waals surface area contributed by atoms with Crippen LogP contribution < -0.4 is 5.32 Å². The molecular weight excluding hydrogens is 244 g/mol. The molecule has 0 saturated carbocycles. The molecule has 1 atom stereocenters. The van der Waals surface area contributed by atoms with Crippen LogP contribution >= 0.6 is 11.8 Å². The summed E-state index contributed by atoms with van der Waals surface area (Å²) in [5, 5.41) is 3.64. The molecule has 1 N–H and O–H groups in total. The van der Waals surface area contributed by atoms with E-state index in [1.165, 1.54) is 19.3 Å². The van der Waals surface area contributed by atoms with Crippen LogP contribution in [0.15, 0.2) is 0 Å². The van der Waals surface area contributed by atoms with Crippen LogP contribution in [0, 0.1) is 5.92 Å². The van der Waals surface area contributed by atoms with Crippen LogP contribution in [0.3, 0.4) is 0 Å². The lowest BCUT2D eigenvalue weighted by Gasteiger charge is -2.34. The van der Waals surface area contributed by atoms with E-state index in [-0.39, 0.29) is 5.25 Å². The Morgan fingerprint density at radius 2 is 2.06 bits per heavy atom. The number of hydrogen-bond acceptors (Lipinski definition) is 3. The second-order valence-electron chi connectivity index (χ2n) is 5.78. The van der Waals surface area contributed by atoms with E-state index in [9.17, 15) is 4.79 Å². The number of carbonyl (C=O) groups is 1. The van der Waals surface area contributed by atoms with Gasteiger partial charge in [0.25, 0.3) is 0 Å². The number of piperidine rings is 1. The predicted molar refractivity (Wildman–Crippen MR) is 77.9 cm³/mol. The molecule has 0 spiro atoms. The molecule has 0 aromatic carbocycles. The molecule has 2 saturated heterocycles. The van der Waals surface area contributed by atoms with Crippen molar-refractivity contribution in [3.63, 3.8) is 0 Å². The Morgan fingerprint density at radius 3 is 2.61 bits per heavy atom. The highest BCUT2D eigenvalue weighted by Crippen LogP contribution is 2.29. The summed E-state index contributed by atoms with van der Waals surface area (Å²) in [4.78, 5) is 14.7. The Hall–Kier alpha value is -0.220. The number of thioether (sulfide) groups is 1. The third kappa shape index (κ3) is 3.64. The molecule has 2 aliphatic heterocycles. The highest BCUT2D eigenvalue weighted by atomic mass is 32.2. The van der Waals surface area contributed by atoms with Gasteiger partial charge in [0.05, 0.1) is 5.25 Å². The average Bonchev–Trinajstić information content (AvgIpc) is 2.90. The molecule has 3 nitrogen and oxygen atoms in total. The predicted octanol–water partition coefficient (Wildman–Crippen LogP) is 2.12. The largest absolute Gasteiger partial charge is 0.339 e. The first-order chi connectivity index (χ1) is 8.68. The first kappa shape index (κ1) is 14.2. The quantitative estimate of drug-likeness (QED) is 0.849. The molecule has 1 unspecified atom stereocenters. The lowest BCUT2D eigenvalue weighted by atomic mass is 9.96. The zero-order valence-electron chi connectivity index (χ0n) is 11.7. The number of hydrogen-bond donors (Lipinski definition) is 1. The molecule has 104 valence electrons. The molecule has 2 fully saturated rings. The van der Waals surface area contributed by atoms with E-state index in [1.54, 1.807) is 0 Å². The molecule has 0 aromatic rings. The minimum absolute atomic E-state index is 0.245. The summed E-state index contributed by atoms with van der Waals surface area (Å²) in [6.45, 7) is 7.50. The van der Waals surface area contributed by atoms with Crippen molar-refractivity contribution >= 4 is 17.7 Å². The van der Waals surface area contributed by atoms with Gasteiger partial charge in [0.2, 0.25) is 5.91 Å². The maximum atomic E-state index is 12.6. The van der Waals surface area contributed by atoms with Crippen molar-refractivity contribution in [2.75, 3.05) is 25.4 Å². The Kier molecular flexibility index (Phi) is 5.37. The van der Waals surface area contributed by atoms with Gasteiger partial charge in [-0.2, -0.15) is 0 Å². The zero-order chi connectivity index (χ0) is 13.0. The maximum Gasteiger partial charge on any atom is 0.235 e. The Morgan fingerprint density at radius 1 is 1.33 bits per heavy atom. The fourth-order valence-corrected chi connectivity index (χ4v) is 4.08. The Labute approximate surface area is 115 Å². The van der Waals surface area contributed by atoms with Gasteiger partial charge in [-0.15, -0.1) is 11.8 Å². The molecule has 18 heavy (non-hydrogen) atoms. The van der Waals surface area contributed by atoms with E-state index in [4.69, 9.17) is 0 Å². The van der Waals surface area contributed by atoms with Gasteiger partial charge in [-0.05, 0) is 64.3 Å². The lowest BCUT2D eigenvalue weighted by Crippen LogP contribution is -2.46. The molecule has 2 rings (SSSR count). The fraction of sp³-hybridized carbons (Fsp3) is 0.929. The van der Waals surface area contributed by atoms with Gasteiger partial charge < -0.3 is 10.2 Å². The summed E-state index contributed by atoms with van der Waals surface area (Å²) >= 11 is 1.85. The third-order valence-corrected chi connectivity index (χ3v) is 5.39. The number of amides is 1. The van der Waals surface area contributed by atoms with Gasteiger partial charge in [0.1, 0.15) is 0 Å². The summed E-state index contributed by atoms with van der Waals surface area (Å²) in [5.74, 6) is 2.26. The van der Waals surface area contributed by atoms with Gasteiger partial charge in [-0.1, -0.05) is 0 Å². The van der Waals surface area contributed by atoms with Gasteiger partial charge in [-0.3, -0.25) is 4.79 Å². The van der Waals surface area contributed by atoms with Gasteiger partial charge in [0.15, 0.2) is 0 Å². The first-order valence-electron chi connectivity index (χ1n) is 7.31. The Bertz CT molecular complexity index is 271. The third-order valence-electron chi connectivity index (χ3n) is 4.03. The van der Waals surface area contributed by atoms with E-state index < -0.39 is 0 Å². The lowest BCUT2D eigenvalue weighted by molar-refractivity contribution is -0.133. The summed E-state index contributed by atoms with van der Waals surface area (Å²) < 4.78 is 0. The second kappa shape index (κ2) is 6.80. The second-order valence-corrected chi connectivity index (χ2v) is 7.09. The molecule has 0 bridgehead atoms. The van der Waals surface area contributed by atoms with Crippen LogP contribution in [0.5, 0.6) is 0 Å². The first-order valence-corrected chi connectivity index (χ1v) is 8.36. The van der Waals surface area contributed by atoms with Crippen molar-refractivity contribution in [1.82, 2.24) is 10.2 Å². The van der Waals surface area contributed by atoms with Crippen LogP contribution in [-0.4, -0.2) is 47.5 Å². The smallest absolute Gasteiger partial charge is 0.235 e. The van der Waals surface area contributed by atoms with Crippen LogP contribution in [-0.2, 0) is 4.79 Å². The van der Waals surface area contributed by atoms with Crippen molar-refractivity contribution in [2.24, 2.45) is 5.92 Å². The average molecular weight is 270 g/mol. The molecule has 2 aliphatic rings. The van der Waals surface area contributed by atoms with Gasteiger partial charge >= 0.3 is 0 Å². The number of rotatable bonds is 4. The molecule has 0 radical (unpaired) electrons. The SMILES string of the molecule is CC(C)N(CC1CCNCC1)C(=O)C1CCCS1. The monoisotopic (exact) mass is 270 g/mol. The summed E-state index contributed by atoms with van der Waals surface area (Å²) in [6.07, 6.45) is 4.72. The van der Waals surface area contributed by atoms with Crippen LogP contribution in [0.25, 0.3) is 0 Å². The van der Waals surface area contributed by atoms with Crippen LogP contribution in [0.2, 0.25) is 0 Å². The summed E-state index contributed by atoms with van der Waals surface area (Å²) in [7, 11) is 0. The normalized spacial score (nSPS) is 25.6. The van der Waals surface area contributed by atoms with Crippen molar-refractivity contribution in [2.45, 2.75) is 50.8 Å².